The van der Waals surface area contributed by atoms with Gasteiger partial charge in [-0.15, -0.1) is 0 Å². The van der Waals surface area contributed by atoms with Crippen LogP contribution in [-0.2, 0) is 4.79 Å². The van der Waals surface area contributed by atoms with E-state index in [0.29, 0.717) is 18.4 Å². The summed E-state index contributed by atoms with van der Waals surface area (Å²) < 4.78 is 0. The molecule has 0 aromatic carbocycles. The summed E-state index contributed by atoms with van der Waals surface area (Å²) in [5.41, 5.74) is 1.12. The van der Waals surface area contributed by atoms with Gasteiger partial charge in [0.25, 0.3) is 0 Å². The van der Waals surface area contributed by atoms with E-state index in [9.17, 15) is 4.79 Å². The van der Waals surface area contributed by atoms with Crippen molar-refractivity contribution in [1.29, 1.82) is 0 Å². The molecule has 1 aliphatic rings. The Labute approximate surface area is 114 Å². The highest BCUT2D eigenvalue weighted by Gasteiger charge is 2.24. The van der Waals surface area contributed by atoms with Gasteiger partial charge in [0.15, 0.2) is 0 Å². The summed E-state index contributed by atoms with van der Waals surface area (Å²) in [5.74, 6) is -0.104. The van der Waals surface area contributed by atoms with Gasteiger partial charge in [0.1, 0.15) is 0 Å². The first-order valence-electron chi connectivity index (χ1n) is 7.03. The first-order chi connectivity index (χ1) is 9.16. The van der Waals surface area contributed by atoms with Gasteiger partial charge in [-0.3, -0.25) is 14.7 Å². The summed E-state index contributed by atoms with van der Waals surface area (Å²) >= 11 is 0. The first kappa shape index (κ1) is 14.0. The Morgan fingerprint density at radius 3 is 2.79 bits per heavy atom. The monoisotopic (exact) mass is 262 g/mol. The first-order valence-corrected chi connectivity index (χ1v) is 7.03. The molecule has 1 aromatic rings. The highest BCUT2D eigenvalue weighted by Crippen LogP contribution is 2.27. The Morgan fingerprint density at radius 1 is 1.47 bits per heavy atom. The van der Waals surface area contributed by atoms with Crippen LogP contribution in [-0.4, -0.2) is 34.0 Å². The van der Waals surface area contributed by atoms with Gasteiger partial charge in [-0.25, -0.2) is 0 Å². The van der Waals surface area contributed by atoms with Gasteiger partial charge >= 0.3 is 5.97 Å². The van der Waals surface area contributed by atoms with Gasteiger partial charge in [-0.1, -0.05) is 6.07 Å². The van der Waals surface area contributed by atoms with Crippen LogP contribution in [0.3, 0.4) is 0 Å². The number of carboxylic acid groups (broad SMARTS) is 1. The maximum Gasteiger partial charge on any atom is 0.303 e. The fourth-order valence-corrected chi connectivity index (χ4v) is 2.77. The minimum Gasteiger partial charge on any atom is -0.481 e. The quantitative estimate of drug-likeness (QED) is 0.886. The van der Waals surface area contributed by atoms with Crippen molar-refractivity contribution in [2.75, 3.05) is 13.1 Å². The van der Waals surface area contributed by atoms with Crippen molar-refractivity contribution in [2.24, 2.45) is 5.92 Å². The molecule has 19 heavy (non-hydrogen) atoms. The molecule has 1 saturated heterocycles. The standard InChI is InChI=1S/C15H22N2O2/c1-12(14-4-2-3-9-16-14)17-10-7-13(8-11-17)5-6-15(18)19/h2-4,9,12-13H,5-8,10-11H2,1H3,(H,18,19). The predicted octanol–water partition coefficient (Wildman–Crippen LogP) is 2.72. The molecule has 1 atom stereocenters. The van der Waals surface area contributed by atoms with Crippen LogP contribution < -0.4 is 0 Å². The minimum atomic E-state index is -0.677. The summed E-state index contributed by atoms with van der Waals surface area (Å²) in [4.78, 5) is 17.4. The van der Waals surface area contributed by atoms with Crippen molar-refractivity contribution in [3.63, 3.8) is 0 Å². The number of carboxylic acids is 1. The van der Waals surface area contributed by atoms with Crippen molar-refractivity contribution in [2.45, 2.75) is 38.6 Å². The van der Waals surface area contributed by atoms with Crippen molar-refractivity contribution < 1.29 is 9.90 Å². The topological polar surface area (TPSA) is 53.4 Å². The smallest absolute Gasteiger partial charge is 0.303 e. The number of aromatic nitrogens is 1. The van der Waals surface area contributed by atoms with E-state index in [1.165, 1.54) is 0 Å². The van der Waals surface area contributed by atoms with E-state index in [0.717, 1.165) is 38.0 Å². The van der Waals surface area contributed by atoms with E-state index in [1.807, 2.05) is 18.3 Å². The molecule has 1 aliphatic heterocycles. The third-order valence-corrected chi connectivity index (χ3v) is 4.08. The molecular formula is C15H22N2O2. The molecule has 4 heteroatoms. The van der Waals surface area contributed by atoms with Gasteiger partial charge in [-0.2, -0.15) is 0 Å². The lowest BCUT2D eigenvalue weighted by atomic mass is 9.91. The largest absolute Gasteiger partial charge is 0.481 e. The second-order valence-corrected chi connectivity index (χ2v) is 5.34. The van der Waals surface area contributed by atoms with Crippen molar-refractivity contribution in [3.05, 3.63) is 30.1 Å². The van der Waals surface area contributed by atoms with Gasteiger partial charge in [-0.05, 0) is 57.3 Å². The van der Waals surface area contributed by atoms with Crippen LogP contribution in [0.4, 0.5) is 0 Å². The van der Waals surface area contributed by atoms with Crippen LogP contribution in [0, 0.1) is 5.92 Å². The van der Waals surface area contributed by atoms with E-state index < -0.39 is 5.97 Å². The molecule has 2 heterocycles. The van der Waals surface area contributed by atoms with Gasteiger partial charge in [0, 0.05) is 18.7 Å². The van der Waals surface area contributed by atoms with E-state index in [1.54, 1.807) is 0 Å². The molecule has 0 bridgehead atoms. The second-order valence-electron chi connectivity index (χ2n) is 5.34. The molecule has 0 saturated carbocycles. The Morgan fingerprint density at radius 2 is 2.21 bits per heavy atom. The lowest BCUT2D eigenvalue weighted by Gasteiger charge is -2.35. The Hall–Kier alpha value is -1.42. The number of hydrogen-bond acceptors (Lipinski definition) is 3. The average Bonchev–Trinajstić information content (AvgIpc) is 2.46. The molecule has 2 rings (SSSR count). The van der Waals surface area contributed by atoms with Gasteiger partial charge in [0.2, 0.25) is 0 Å². The Kier molecular flexibility index (Phi) is 4.91. The second kappa shape index (κ2) is 6.66. The molecule has 4 nitrogen and oxygen atoms in total. The summed E-state index contributed by atoms with van der Waals surface area (Å²) in [5, 5.41) is 8.71. The molecule has 1 N–H and O–H groups in total. The SMILES string of the molecule is CC(c1ccccn1)N1CCC(CCC(=O)O)CC1. The highest BCUT2D eigenvalue weighted by molar-refractivity contribution is 5.66. The number of likely N-dealkylation sites (tertiary alicyclic amines) is 1. The van der Waals surface area contributed by atoms with E-state index in [-0.39, 0.29) is 0 Å². The normalized spacial score (nSPS) is 19.2. The summed E-state index contributed by atoms with van der Waals surface area (Å²) in [6.45, 7) is 4.28. The number of nitrogens with zero attached hydrogens (tertiary/aromatic N) is 2. The zero-order chi connectivity index (χ0) is 13.7. The third kappa shape index (κ3) is 4.03. The van der Waals surface area contributed by atoms with Crippen LogP contribution in [0.25, 0.3) is 0 Å². The van der Waals surface area contributed by atoms with E-state index in [2.05, 4.69) is 22.9 Å². The molecule has 0 aliphatic carbocycles. The number of piperidine rings is 1. The van der Waals surface area contributed by atoms with Crippen LogP contribution in [0.2, 0.25) is 0 Å². The lowest BCUT2D eigenvalue weighted by Crippen LogP contribution is -2.36. The predicted molar refractivity (Wildman–Crippen MR) is 73.8 cm³/mol. The average molecular weight is 262 g/mol. The molecule has 1 unspecified atom stereocenters. The van der Waals surface area contributed by atoms with Crippen molar-refractivity contribution in [1.82, 2.24) is 9.88 Å². The Bertz CT molecular complexity index is 400. The molecule has 1 fully saturated rings. The number of pyridine rings is 1. The number of carbonyl (C=O) groups is 1. The maximum absolute atomic E-state index is 10.6. The van der Waals surface area contributed by atoms with Crippen LogP contribution in [0.1, 0.15) is 44.3 Å². The molecule has 104 valence electrons. The van der Waals surface area contributed by atoms with E-state index in [4.69, 9.17) is 5.11 Å². The molecular weight excluding hydrogens is 240 g/mol. The summed E-state index contributed by atoms with van der Waals surface area (Å²) in [7, 11) is 0. The summed E-state index contributed by atoms with van der Waals surface area (Å²) in [6.07, 6.45) is 5.17. The zero-order valence-electron chi connectivity index (χ0n) is 11.5. The number of hydrogen-bond donors (Lipinski definition) is 1. The third-order valence-electron chi connectivity index (χ3n) is 4.08. The minimum absolute atomic E-state index is 0.306. The number of aliphatic carboxylic acids is 1. The fourth-order valence-electron chi connectivity index (χ4n) is 2.77. The highest BCUT2D eigenvalue weighted by atomic mass is 16.4. The van der Waals surface area contributed by atoms with Crippen LogP contribution in [0.5, 0.6) is 0 Å². The molecule has 1 aromatic heterocycles. The van der Waals surface area contributed by atoms with Gasteiger partial charge < -0.3 is 5.11 Å². The van der Waals surface area contributed by atoms with E-state index >= 15 is 0 Å². The maximum atomic E-state index is 10.6. The lowest BCUT2D eigenvalue weighted by molar-refractivity contribution is -0.137. The van der Waals surface area contributed by atoms with Crippen molar-refractivity contribution >= 4 is 5.97 Å². The molecule has 0 amide bonds. The molecule has 0 radical (unpaired) electrons. The zero-order valence-corrected chi connectivity index (χ0v) is 11.5. The summed E-state index contributed by atoms with van der Waals surface area (Å²) in [6, 6.07) is 6.38. The van der Waals surface area contributed by atoms with Gasteiger partial charge in [0.05, 0.1) is 5.69 Å². The fraction of sp³-hybridized carbons (Fsp3) is 0.600. The van der Waals surface area contributed by atoms with Crippen molar-refractivity contribution in [3.8, 4) is 0 Å². The van der Waals surface area contributed by atoms with Crippen LogP contribution in [0.15, 0.2) is 24.4 Å². The Balaban J connectivity index is 1.81. The number of rotatable bonds is 5. The van der Waals surface area contributed by atoms with Crippen LogP contribution >= 0.6 is 0 Å². The molecule has 0 spiro atoms.